The fourth-order valence-corrected chi connectivity index (χ4v) is 3.13. The highest BCUT2D eigenvalue weighted by Gasteiger charge is 2.38. The number of hydrogen-bond donors (Lipinski definition) is 1. The van der Waals surface area contributed by atoms with Gasteiger partial charge in [0.25, 0.3) is 0 Å². The van der Waals surface area contributed by atoms with Crippen molar-refractivity contribution in [2.24, 2.45) is 5.73 Å². The molecule has 0 aliphatic heterocycles. The largest absolute Gasteiger partial charge is 0.373 e. The third-order valence-corrected chi connectivity index (χ3v) is 4.24. The summed E-state index contributed by atoms with van der Waals surface area (Å²) in [4.78, 5) is 4.37. The molecule has 3 heteroatoms. The van der Waals surface area contributed by atoms with Crippen molar-refractivity contribution in [2.75, 3.05) is 6.61 Å². The summed E-state index contributed by atoms with van der Waals surface area (Å²) in [5, 5.41) is 0. The molecule has 1 unspecified atom stereocenters. The molecule has 1 aromatic heterocycles. The van der Waals surface area contributed by atoms with Crippen LogP contribution in [-0.4, -0.2) is 17.2 Å². The lowest BCUT2D eigenvalue weighted by Crippen LogP contribution is -2.43. The molecular weight excluding hydrogens is 236 g/mol. The van der Waals surface area contributed by atoms with E-state index in [1.54, 1.807) is 0 Å². The van der Waals surface area contributed by atoms with E-state index in [2.05, 4.69) is 18.0 Å². The summed E-state index contributed by atoms with van der Waals surface area (Å²) in [6.45, 7) is 4.79. The minimum atomic E-state index is -0.192. The van der Waals surface area contributed by atoms with E-state index >= 15 is 0 Å². The van der Waals surface area contributed by atoms with Crippen molar-refractivity contribution >= 4 is 0 Å². The van der Waals surface area contributed by atoms with E-state index in [0.717, 1.165) is 30.7 Å². The third kappa shape index (κ3) is 3.34. The fraction of sp³-hybridized carbons (Fsp3) is 0.688. The van der Waals surface area contributed by atoms with E-state index < -0.39 is 0 Å². The lowest BCUT2D eigenvalue weighted by Gasteiger charge is -2.38. The zero-order valence-corrected chi connectivity index (χ0v) is 12.2. The summed E-state index contributed by atoms with van der Waals surface area (Å²) in [6, 6.07) is 4.06. The van der Waals surface area contributed by atoms with E-state index in [-0.39, 0.29) is 11.6 Å². The molecule has 1 saturated carbocycles. The molecule has 1 atom stereocenters. The van der Waals surface area contributed by atoms with Crippen LogP contribution < -0.4 is 5.73 Å². The van der Waals surface area contributed by atoms with E-state index in [1.807, 2.05) is 19.2 Å². The van der Waals surface area contributed by atoms with Gasteiger partial charge in [0.2, 0.25) is 0 Å². The second kappa shape index (κ2) is 6.49. The Hall–Kier alpha value is -0.930. The van der Waals surface area contributed by atoms with Crippen LogP contribution in [0.5, 0.6) is 0 Å². The first-order chi connectivity index (χ1) is 9.18. The molecule has 1 heterocycles. The topological polar surface area (TPSA) is 48.1 Å². The number of nitrogens with zero attached hydrogens (tertiary/aromatic N) is 1. The van der Waals surface area contributed by atoms with Crippen LogP contribution in [-0.2, 0) is 4.74 Å². The van der Waals surface area contributed by atoms with Crippen LogP contribution in [0.1, 0.15) is 62.7 Å². The Balaban J connectivity index is 2.23. The summed E-state index contributed by atoms with van der Waals surface area (Å²) in [6.07, 6.45) is 9.07. The Bertz CT molecular complexity index is 380. The second-order valence-electron chi connectivity index (χ2n) is 5.62. The molecule has 106 valence electrons. The van der Waals surface area contributed by atoms with Crippen molar-refractivity contribution in [3.8, 4) is 0 Å². The van der Waals surface area contributed by atoms with E-state index in [4.69, 9.17) is 10.5 Å². The van der Waals surface area contributed by atoms with Gasteiger partial charge in [0, 0.05) is 18.5 Å². The number of aromatic nitrogens is 1. The average Bonchev–Trinajstić information content (AvgIpc) is 2.66. The minimum Gasteiger partial charge on any atom is -0.373 e. The van der Waals surface area contributed by atoms with Crippen LogP contribution in [0.25, 0.3) is 0 Å². The first-order valence-corrected chi connectivity index (χ1v) is 7.50. The first kappa shape index (κ1) is 14.5. The first-order valence-electron chi connectivity index (χ1n) is 7.50. The van der Waals surface area contributed by atoms with Gasteiger partial charge >= 0.3 is 0 Å². The number of rotatable bonds is 4. The number of hydrogen-bond acceptors (Lipinski definition) is 3. The van der Waals surface area contributed by atoms with E-state index in [0.29, 0.717) is 0 Å². The predicted molar refractivity (Wildman–Crippen MR) is 78.0 cm³/mol. The van der Waals surface area contributed by atoms with Gasteiger partial charge in [-0.05, 0) is 38.3 Å². The van der Waals surface area contributed by atoms with Gasteiger partial charge in [-0.15, -0.1) is 0 Å². The van der Waals surface area contributed by atoms with Crippen molar-refractivity contribution in [3.05, 3.63) is 29.6 Å². The van der Waals surface area contributed by atoms with Gasteiger partial charge in [-0.2, -0.15) is 0 Å². The molecule has 1 fully saturated rings. The molecular formula is C16H26N2O. The smallest absolute Gasteiger partial charge is 0.0874 e. The van der Waals surface area contributed by atoms with Gasteiger partial charge in [-0.1, -0.05) is 31.7 Å². The standard InChI is InChI=1S/C16H26N2O/c1-3-19-16(10-6-4-5-7-11-16)15(17)14-9-8-13(2)18-12-14/h8-9,12,15H,3-7,10-11,17H2,1-2H3. The Morgan fingerprint density at radius 1 is 1.26 bits per heavy atom. The van der Waals surface area contributed by atoms with Gasteiger partial charge in [-0.3, -0.25) is 4.98 Å². The number of ether oxygens (including phenoxy) is 1. The molecule has 19 heavy (non-hydrogen) atoms. The Kier molecular flexibility index (Phi) is 4.94. The van der Waals surface area contributed by atoms with Crippen LogP contribution in [0.3, 0.4) is 0 Å². The summed E-state index contributed by atoms with van der Waals surface area (Å²) >= 11 is 0. The lowest BCUT2D eigenvalue weighted by molar-refractivity contribution is -0.0696. The quantitative estimate of drug-likeness (QED) is 0.845. The zero-order valence-electron chi connectivity index (χ0n) is 12.2. The van der Waals surface area contributed by atoms with Crippen LogP contribution >= 0.6 is 0 Å². The van der Waals surface area contributed by atoms with Crippen LogP contribution in [0, 0.1) is 6.92 Å². The Labute approximate surface area is 116 Å². The van der Waals surface area contributed by atoms with Crippen LogP contribution in [0.2, 0.25) is 0 Å². The minimum absolute atomic E-state index is 0.0707. The Morgan fingerprint density at radius 2 is 1.95 bits per heavy atom. The van der Waals surface area contributed by atoms with Gasteiger partial charge in [-0.25, -0.2) is 0 Å². The van der Waals surface area contributed by atoms with Crippen LogP contribution in [0.4, 0.5) is 0 Å². The van der Waals surface area contributed by atoms with Crippen molar-refractivity contribution in [2.45, 2.75) is 64.0 Å². The van der Waals surface area contributed by atoms with Crippen molar-refractivity contribution in [1.29, 1.82) is 0 Å². The molecule has 1 aromatic rings. The molecule has 0 spiro atoms. The maximum atomic E-state index is 6.55. The number of aryl methyl sites for hydroxylation is 1. The van der Waals surface area contributed by atoms with Crippen molar-refractivity contribution < 1.29 is 4.74 Å². The molecule has 0 bridgehead atoms. The molecule has 2 rings (SSSR count). The summed E-state index contributed by atoms with van der Waals surface area (Å²) in [7, 11) is 0. The summed E-state index contributed by atoms with van der Waals surface area (Å²) < 4.78 is 6.14. The third-order valence-electron chi connectivity index (χ3n) is 4.24. The normalized spacial score (nSPS) is 20.8. The predicted octanol–water partition coefficient (Wildman–Crippen LogP) is 3.52. The molecule has 0 amide bonds. The summed E-state index contributed by atoms with van der Waals surface area (Å²) in [5.41, 5.74) is 8.48. The fourth-order valence-electron chi connectivity index (χ4n) is 3.13. The molecule has 0 aromatic carbocycles. The molecule has 3 nitrogen and oxygen atoms in total. The van der Waals surface area contributed by atoms with Crippen molar-refractivity contribution in [1.82, 2.24) is 4.98 Å². The van der Waals surface area contributed by atoms with Gasteiger partial charge < -0.3 is 10.5 Å². The maximum absolute atomic E-state index is 6.55. The monoisotopic (exact) mass is 262 g/mol. The van der Waals surface area contributed by atoms with E-state index in [9.17, 15) is 0 Å². The SMILES string of the molecule is CCOC1(C(N)c2ccc(C)nc2)CCCCCC1. The molecule has 0 radical (unpaired) electrons. The van der Waals surface area contributed by atoms with Gasteiger partial charge in [0.15, 0.2) is 0 Å². The zero-order chi connectivity index (χ0) is 13.7. The van der Waals surface area contributed by atoms with E-state index in [1.165, 1.54) is 25.7 Å². The van der Waals surface area contributed by atoms with Gasteiger partial charge in [0.1, 0.15) is 0 Å². The van der Waals surface area contributed by atoms with Crippen molar-refractivity contribution in [3.63, 3.8) is 0 Å². The molecule has 1 aliphatic rings. The highest BCUT2D eigenvalue weighted by atomic mass is 16.5. The van der Waals surface area contributed by atoms with Crippen LogP contribution in [0.15, 0.2) is 18.3 Å². The lowest BCUT2D eigenvalue weighted by atomic mass is 9.83. The second-order valence-corrected chi connectivity index (χ2v) is 5.62. The van der Waals surface area contributed by atoms with Gasteiger partial charge in [0.05, 0.1) is 11.6 Å². The average molecular weight is 262 g/mol. The highest BCUT2D eigenvalue weighted by molar-refractivity contribution is 5.20. The molecule has 2 N–H and O–H groups in total. The Morgan fingerprint density at radius 3 is 2.47 bits per heavy atom. The molecule has 0 saturated heterocycles. The summed E-state index contributed by atoms with van der Waals surface area (Å²) in [5.74, 6) is 0. The molecule has 1 aliphatic carbocycles. The highest BCUT2D eigenvalue weighted by Crippen LogP contribution is 2.39. The number of pyridine rings is 1. The maximum Gasteiger partial charge on any atom is 0.0874 e. The number of nitrogens with two attached hydrogens (primary N) is 1.